The molecule has 1 aromatic rings. The van der Waals surface area contributed by atoms with E-state index >= 15 is 0 Å². The Balaban J connectivity index is 1.97. The quantitative estimate of drug-likeness (QED) is 0.845. The van der Waals surface area contributed by atoms with Crippen LogP contribution in [0.25, 0.3) is 0 Å². The molecule has 1 aliphatic rings. The molecule has 0 bridgehead atoms. The standard InChI is InChI=1S/C16H25ClN2/c1-12(2)18-10-14-7-8-16(15(17)9-14)19(3)11-13-5-4-6-13/h7-9,12-13,18H,4-6,10-11H2,1-3H3. The van der Waals surface area contributed by atoms with Crippen LogP contribution >= 0.6 is 11.6 Å². The zero-order chi connectivity index (χ0) is 13.8. The van der Waals surface area contributed by atoms with Gasteiger partial charge in [-0.05, 0) is 36.5 Å². The molecule has 3 heteroatoms. The molecular weight excluding hydrogens is 256 g/mol. The summed E-state index contributed by atoms with van der Waals surface area (Å²) in [7, 11) is 2.14. The highest BCUT2D eigenvalue weighted by atomic mass is 35.5. The van der Waals surface area contributed by atoms with Gasteiger partial charge in [0.25, 0.3) is 0 Å². The average Bonchev–Trinajstić information content (AvgIpc) is 2.31. The van der Waals surface area contributed by atoms with Crippen molar-refractivity contribution in [2.45, 2.75) is 45.7 Å². The van der Waals surface area contributed by atoms with Gasteiger partial charge in [0.15, 0.2) is 0 Å². The van der Waals surface area contributed by atoms with Gasteiger partial charge in [-0.1, -0.05) is 37.9 Å². The maximum absolute atomic E-state index is 6.41. The lowest BCUT2D eigenvalue weighted by atomic mass is 9.85. The van der Waals surface area contributed by atoms with E-state index in [9.17, 15) is 0 Å². The van der Waals surface area contributed by atoms with Crippen molar-refractivity contribution in [1.29, 1.82) is 0 Å². The summed E-state index contributed by atoms with van der Waals surface area (Å²) in [5.74, 6) is 0.864. The summed E-state index contributed by atoms with van der Waals surface area (Å²) in [6.45, 7) is 6.32. The molecule has 0 aliphatic heterocycles. The SMILES string of the molecule is CC(C)NCc1ccc(N(C)CC2CCC2)c(Cl)c1. The molecule has 0 amide bonds. The number of nitrogens with zero attached hydrogens (tertiary/aromatic N) is 1. The third-order valence-electron chi connectivity index (χ3n) is 3.89. The van der Waals surface area contributed by atoms with Crippen molar-refractivity contribution < 1.29 is 0 Å². The topological polar surface area (TPSA) is 15.3 Å². The first kappa shape index (κ1) is 14.7. The number of nitrogens with one attached hydrogen (secondary N) is 1. The summed E-state index contributed by atoms with van der Waals surface area (Å²) in [6, 6.07) is 6.91. The molecule has 106 valence electrons. The molecule has 1 aromatic carbocycles. The Kier molecular flexibility index (Phi) is 5.12. The highest BCUT2D eigenvalue weighted by molar-refractivity contribution is 6.33. The van der Waals surface area contributed by atoms with Gasteiger partial charge in [-0.15, -0.1) is 0 Å². The van der Waals surface area contributed by atoms with Gasteiger partial charge in [-0.2, -0.15) is 0 Å². The molecule has 0 saturated heterocycles. The van der Waals surface area contributed by atoms with Crippen LogP contribution in [0.1, 0.15) is 38.7 Å². The molecule has 1 aliphatic carbocycles. The Morgan fingerprint density at radius 3 is 2.63 bits per heavy atom. The monoisotopic (exact) mass is 280 g/mol. The lowest BCUT2D eigenvalue weighted by Crippen LogP contribution is -2.29. The van der Waals surface area contributed by atoms with E-state index in [1.807, 2.05) is 0 Å². The van der Waals surface area contributed by atoms with E-state index in [-0.39, 0.29) is 0 Å². The summed E-state index contributed by atoms with van der Waals surface area (Å²) in [5, 5.41) is 4.28. The molecule has 19 heavy (non-hydrogen) atoms. The van der Waals surface area contributed by atoms with Crippen LogP contribution in [-0.4, -0.2) is 19.6 Å². The minimum Gasteiger partial charge on any atom is -0.373 e. The summed E-state index contributed by atoms with van der Waals surface area (Å²) in [6.07, 6.45) is 4.14. The molecule has 0 unspecified atom stereocenters. The smallest absolute Gasteiger partial charge is 0.0642 e. The molecule has 0 spiro atoms. The maximum Gasteiger partial charge on any atom is 0.0642 e. The molecule has 0 radical (unpaired) electrons. The van der Waals surface area contributed by atoms with Crippen molar-refractivity contribution in [3.05, 3.63) is 28.8 Å². The van der Waals surface area contributed by atoms with Crippen molar-refractivity contribution in [2.24, 2.45) is 5.92 Å². The second-order valence-electron chi connectivity index (χ2n) is 6.00. The van der Waals surface area contributed by atoms with E-state index in [1.165, 1.54) is 24.8 Å². The highest BCUT2D eigenvalue weighted by Gasteiger charge is 2.20. The van der Waals surface area contributed by atoms with Gasteiger partial charge in [0.1, 0.15) is 0 Å². The number of rotatable bonds is 6. The maximum atomic E-state index is 6.41. The molecule has 1 saturated carbocycles. The lowest BCUT2D eigenvalue weighted by molar-refractivity contribution is 0.321. The zero-order valence-electron chi connectivity index (χ0n) is 12.2. The van der Waals surface area contributed by atoms with E-state index < -0.39 is 0 Å². The fourth-order valence-corrected chi connectivity index (χ4v) is 2.80. The summed E-state index contributed by atoms with van der Waals surface area (Å²) >= 11 is 6.41. The first-order chi connectivity index (χ1) is 9.06. The minimum atomic E-state index is 0.500. The summed E-state index contributed by atoms with van der Waals surface area (Å²) in [4.78, 5) is 2.30. The fourth-order valence-electron chi connectivity index (χ4n) is 2.45. The predicted molar refractivity (Wildman–Crippen MR) is 84.0 cm³/mol. The van der Waals surface area contributed by atoms with Crippen molar-refractivity contribution in [2.75, 3.05) is 18.5 Å². The van der Waals surface area contributed by atoms with Crippen LogP contribution in [0.15, 0.2) is 18.2 Å². The fraction of sp³-hybridized carbons (Fsp3) is 0.625. The van der Waals surface area contributed by atoms with Crippen LogP contribution in [0.3, 0.4) is 0 Å². The molecule has 2 nitrogen and oxygen atoms in total. The first-order valence-corrected chi connectivity index (χ1v) is 7.67. The zero-order valence-corrected chi connectivity index (χ0v) is 13.0. The van der Waals surface area contributed by atoms with Crippen molar-refractivity contribution in [3.63, 3.8) is 0 Å². The number of anilines is 1. The molecule has 0 atom stereocenters. The number of halogens is 1. The van der Waals surface area contributed by atoms with E-state index in [0.29, 0.717) is 6.04 Å². The Morgan fingerprint density at radius 1 is 1.37 bits per heavy atom. The second-order valence-corrected chi connectivity index (χ2v) is 6.41. The van der Waals surface area contributed by atoms with Gasteiger partial charge in [0.2, 0.25) is 0 Å². The Labute approximate surface area is 122 Å². The van der Waals surface area contributed by atoms with Crippen LogP contribution in [0.2, 0.25) is 5.02 Å². The van der Waals surface area contributed by atoms with Crippen LogP contribution in [0.4, 0.5) is 5.69 Å². The number of hydrogen-bond donors (Lipinski definition) is 1. The third-order valence-corrected chi connectivity index (χ3v) is 4.20. The molecular formula is C16H25ClN2. The molecule has 1 fully saturated rings. The van der Waals surface area contributed by atoms with Gasteiger partial charge >= 0.3 is 0 Å². The van der Waals surface area contributed by atoms with Crippen LogP contribution in [0, 0.1) is 5.92 Å². The molecule has 0 heterocycles. The first-order valence-electron chi connectivity index (χ1n) is 7.29. The van der Waals surface area contributed by atoms with E-state index in [4.69, 9.17) is 11.6 Å². The molecule has 0 aromatic heterocycles. The van der Waals surface area contributed by atoms with Gasteiger partial charge < -0.3 is 10.2 Å². The predicted octanol–water partition coefficient (Wildman–Crippen LogP) is 4.07. The van der Waals surface area contributed by atoms with Crippen LogP contribution in [0.5, 0.6) is 0 Å². The number of hydrogen-bond acceptors (Lipinski definition) is 2. The number of benzene rings is 1. The second kappa shape index (κ2) is 6.62. The van der Waals surface area contributed by atoms with Crippen LogP contribution < -0.4 is 10.2 Å². The largest absolute Gasteiger partial charge is 0.373 e. The summed E-state index contributed by atoms with van der Waals surface area (Å²) in [5.41, 5.74) is 2.40. The van der Waals surface area contributed by atoms with Gasteiger partial charge in [0, 0.05) is 26.2 Å². The Morgan fingerprint density at radius 2 is 2.11 bits per heavy atom. The highest BCUT2D eigenvalue weighted by Crippen LogP contribution is 2.31. The molecule has 2 rings (SSSR count). The summed E-state index contributed by atoms with van der Waals surface area (Å²) < 4.78 is 0. The van der Waals surface area contributed by atoms with E-state index in [2.05, 4.69) is 49.3 Å². The average molecular weight is 281 g/mol. The van der Waals surface area contributed by atoms with E-state index in [1.54, 1.807) is 0 Å². The van der Waals surface area contributed by atoms with Gasteiger partial charge in [-0.3, -0.25) is 0 Å². The van der Waals surface area contributed by atoms with Gasteiger partial charge in [0.05, 0.1) is 10.7 Å². The van der Waals surface area contributed by atoms with E-state index in [0.717, 1.165) is 29.7 Å². The lowest BCUT2D eigenvalue weighted by Gasteiger charge is -2.31. The van der Waals surface area contributed by atoms with Crippen molar-refractivity contribution in [1.82, 2.24) is 5.32 Å². The van der Waals surface area contributed by atoms with Crippen LogP contribution in [-0.2, 0) is 6.54 Å². The third kappa shape index (κ3) is 4.12. The Bertz CT molecular complexity index is 413. The van der Waals surface area contributed by atoms with Gasteiger partial charge in [-0.25, -0.2) is 0 Å². The Hall–Kier alpha value is -0.730. The normalized spacial score (nSPS) is 15.6. The minimum absolute atomic E-state index is 0.500. The van der Waals surface area contributed by atoms with Crippen molar-refractivity contribution in [3.8, 4) is 0 Å². The van der Waals surface area contributed by atoms with Crippen molar-refractivity contribution >= 4 is 17.3 Å². The molecule has 1 N–H and O–H groups in total.